The van der Waals surface area contributed by atoms with Crippen LogP contribution in [0.15, 0.2) is 73.2 Å². The summed E-state index contributed by atoms with van der Waals surface area (Å²) in [5.74, 6) is 0.417. The Bertz CT molecular complexity index is 1380. The zero-order valence-corrected chi connectivity index (χ0v) is 20.8. The summed E-state index contributed by atoms with van der Waals surface area (Å²) in [5, 5.41) is 0. The van der Waals surface area contributed by atoms with Crippen LogP contribution in [0.1, 0.15) is 16.8 Å². The number of rotatable bonds is 7. The van der Waals surface area contributed by atoms with Gasteiger partial charge in [0.1, 0.15) is 0 Å². The molecule has 0 atom stereocenters. The molecule has 1 aliphatic rings. The van der Waals surface area contributed by atoms with Crippen molar-refractivity contribution in [2.45, 2.75) is 19.6 Å². The van der Waals surface area contributed by atoms with Gasteiger partial charge in [0, 0.05) is 62.1 Å². The number of aryl methyl sites for hydroxylation is 1. The van der Waals surface area contributed by atoms with Gasteiger partial charge in [-0.05, 0) is 30.7 Å². The molecule has 1 saturated heterocycles. The third-order valence-corrected chi connectivity index (χ3v) is 6.75. The van der Waals surface area contributed by atoms with Gasteiger partial charge in [0.05, 0.1) is 23.1 Å². The first kappa shape index (κ1) is 25.5. The van der Waals surface area contributed by atoms with E-state index >= 15 is 0 Å². The Labute approximate surface area is 218 Å². The highest BCUT2D eigenvalue weighted by molar-refractivity contribution is 5.90. The van der Waals surface area contributed by atoms with Gasteiger partial charge in [-0.2, -0.15) is 13.2 Å². The van der Waals surface area contributed by atoms with Gasteiger partial charge in [0.25, 0.3) is 0 Å². The highest BCUT2D eigenvalue weighted by atomic mass is 19.4. The van der Waals surface area contributed by atoms with Gasteiger partial charge in [-0.15, -0.1) is 0 Å². The fourth-order valence-corrected chi connectivity index (χ4v) is 4.90. The van der Waals surface area contributed by atoms with Crippen LogP contribution in [0.25, 0.3) is 11.3 Å². The van der Waals surface area contributed by atoms with Crippen LogP contribution in [0.2, 0.25) is 0 Å². The number of aromatic nitrogens is 3. The first-order chi connectivity index (χ1) is 18.3. The number of piperazine rings is 1. The van der Waals surface area contributed by atoms with Crippen molar-refractivity contribution in [1.82, 2.24) is 19.9 Å². The lowest BCUT2D eigenvalue weighted by molar-refractivity contribution is -0.137. The van der Waals surface area contributed by atoms with Crippen LogP contribution in [0.4, 0.5) is 30.4 Å². The number of hydrogen-bond acceptors (Lipinski definition) is 5. The molecule has 5 rings (SSSR count). The fourth-order valence-electron chi connectivity index (χ4n) is 4.90. The third kappa shape index (κ3) is 5.26. The van der Waals surface area contributed by atoms with Gasteiger partial charge in [-0.3, -0.25) is 19.6 Å². The highest BCUT2D eigenvalue weighted by Gasteiger charge is 2.31. The second-order valence-corrected chi connectivity index (χ2v) is 9.17. The SMILES string of the molecule is Cc1[nH]c(-c2ccccc2)c(CN2CCN(c3cccc(C(F)(F)F)c3)CC2)c1N(C=O)c1cnccn1. The van der Waals surface area contributed by atoms with Crippen LogP contribution in [0.3, 0.4) is 0 Å². The smallest absolute Gasteiger partial charge is 0.369 e. The average Bonchev–Trinajstić information content (AvgIpc) is 3.25. The van der Waals surface area contributed by atoms with E-state index in [1.165, 1.54) is 17.0 Å². The lowest BCUT2D eigenvalue weighted by atomic mass is 10.1. The first-order valence-electron chi connectivity index (χ1n) is 12.3. The molecule has 38 heavy (non-hydrogen) atoms. The normalized spacial score (nSPS) is 14.5. The maximum Gasteiger partial charge on any atom is 0.416 e. The van der Waals surface area contributed by atoms with Gasteiger partial charge in [-0.1, -0.05) is 36.4 Å². The molecule has 3 heterocycles. The summed E-state index contributed by atoms with van der Waals surface area (Å²) in [6, 6.07) is 15.4. The molecule has 0 aliphatic carbocycles. The lowest BCUT2D eigenvalue weighted by Crippen LogP contribution is -2.46. The Morgan fingerprint density at radius 1 is 1.03 bits per heavy atom. The average molecular weight is 521 g/mol. The number of carbonyl (C=O) groups excluding carboxylic acids is 1. The maximum absolute atomic E-state index is 13.2. The van der Waals surface area contributed by atoms with Crippen molar-refractivity contribution >= 4 is 23.6 Å². The number of hydrogen-bond donors (Lipinski definition) is 1. The molecule has 2 aromatic heterocycles. The summed E-state index contributed by atoms with van der Waals surface area (Å²) < 4.78 is 39.6. The largest absolute Gasteiger partial charge is 0.416 e. The van der Waals surface area contributed by atoms with Gasteiger partial charge in [-0.25, -0.2) is 4.98 Å². The zero-order valence-electron chi connectivity index (χ0n) is 20.8. The van der Waals surface area contributed by atoms with Crippen molar-refractivity contribution in [3.8, 4) is 11.3 Å². The van der Waals surface area contributed by atoms with Crippen LogP contribution >= 0.6 is 0 Å². The summed E-state index contributed by atoms with van der Waals surface area (Å²) >= 11 is 0. The first-order valence-corrected chi connectivity index (χ1v) is 12.3. The number of aromatic amines is 1. The molecule has 10 heteroatoms. The van der Waals surface area contributed by atoms with Crippen molar-refractivity contribution in [1.29, 1.82) is 0 Å². The second-order valence-electron chi connectivity index (χ2n) is 9.17. The molecule has 1 N–H and O–H groups in total. The minimum Gasteiger partial charge on any atom is -0.369 e. The Morgan fingerprint density at radius 3 is 2.45 bits per heavy atom. The van der Waals surface area contributed by atoms with E-state index in [0.717, 1.165) is 40.7 Å². The Balaban J connectivity index is 1.42. The Morgan fingerprint density at radius 2 is 1.79 bits per heavy atom. The second kappa shape index (κ2) is 10.7. The van der Waals surface area contributed by atoms with E-state index in [9.17, 15) is 18.0 Å². The van der Waals surface area contributed by atoms with Crippen molar-refractivity contribution in [2.75, 3.05) is 36.0 Å². The summed E-state index contributed by atoms with van der Waals surface area (Å²) in [6.07, 6.45) is 1.00. The number of amides is 1. The Hall–Kier alpha value is -4.18. The molecule has 196 valence electrons. The molecule has 0 bridgehead atoms. The summed E-state index contributed by atoms with van der Waals surface area (Å²) in [4.78, 5) is 29.9. The Kier molecular flexibility index (Phi) is 7.15. The molecule has 0 saturated carbocycles. The van der Waals surface area contributed by atoms with Crippen LogP contribution in [-0.4, -0.2) is 52.4 Å². The van der Waals surface area contributed by atoms with E-state index in [0.29, 0.717) is 44.2 Å². The molecule has 2 aromatic carbocycles. The molecule has 1 aliphatic heterocycles. The van der Waals surface area contributed by atoms with Crippen LogP contribution in [0, 0.1) is 6.92 Å². The number of H-pyrrole nitrogens is 1. The van der Waals surface area contributed by atoms with Crippen molar-refractivity contribution in [3.63, 3.8) is 0 Å². The minimum absolute atomic E-state index is 0.417. The van der Waals surface area contributed by atoms with Crippen LogP contribution in [-0.2, 0) is 17.5 Å². The van der Waals surface area contributed by atoms with Crippen molar-refractivity contribution in [3.05, 3.63) is 90.0 Å². The van der Waals surface area contributed by atoms with E-state index in [-0.39, 0.29) is 0 Å². The van der Waals surface area contributed by atoms with E-state index in [1.54, 1.807) is 24.7 Å². The molecule has 7 nitrogen and oxygen atoms in total. The topological polar surface area (TPSA) is 68.4 Å². The van der Waals surface area contributed by atoms with E-state index in [2.05, 4.69) is 19.9 Å². The van der Waals surface area contributed by atoms with Gasteiger partial charge in [0.15, 0.2) is 5.82 Å². The number of nitrogens with zero attached hydrogens (tertiary/aromatic N) is 5. The number of benzene rings is 2. The molecule has 0 unspecified atom stereocenters. The fraction of sp³-hybridized carbons (Fsp3) is 0.250. The molecular formula is C28H27F3N6O. The quantitative estimate of drug-likeness (QED) is 0.330. The summed E-state index contributed by atoms with van der Waals surface area (Å²) in [6.45, 7) is 4.94. The van der Waals surface area contributed by atoms with E-state index in [4.69, 9.17) is 0 Å². The molecule has 1 fully saturated rings. The van der Waals surface area contributed by atoms with Crippen LogP contribution < -0.4 is 9.80 Å². The number of halogens is 3. The predicted molar refractivity (Wildman–Crippen MR) is 140 cm³/mol. The van der Waals surface area contributed by atoms with E-state index in [1.807, 2.05) is 42.2 Å². The molecular weight excluding hydrogens is 493 g/mol. The summed E-state index contributed by atoms with van der Waals surface area (Å²) in [5.41, 5.74) is 4.31. The summed E-state index contributed by atoms with van der Waals surface area (Å²) in [7, 11) is 0. The van der Waals surface area contributed by atoms with Gasteiger partial charge >= 0.3 is 6.18 Å². The lowest BCUT2D eigenvalue weighted by Gasteiger charge is -2.36. The molecule has 0 radical (unpaired) electrons. The highest BCUT2D eigenvalue weighted by Crippen LogP contribution is 2.38. The molecule has 1 amide bonds. The monoisotopic (exact) mass is 520 g/mol. The third-order valence-electron chi connectivity index (χ3n) is 6.75. The minimum atomic E-state index is -4.37. The molecule has 4 aromatic rings. The van der Waals surface area contributed by atoms with Crippen molar-refractivity contribution in [2.24, 2.45) is 0 Å². The van der Waals surface area contributed by atoms with E-state index < -0.39 is 11.7 Å². The maximum atomic E-state index is 13.2. The van der Waals surface area contributed by atoms with Crippen LogP contribution in [0.5, 0.6) is 0 Å². The van der Waals surface area contributed by atoms with Gasteiger partial charge < -0.3 is 9.88 Å². The number of nitrogens with one attached hydrogen (secondary N) is 1. The predicted octanol–water partition coefficient (Wildman–Crippen LogP) is 5.42. The number of anilines is 3. The van der Waals surface area contributed by atoms with Gasteiger partial charge in [0.2, 0.25) is 6.41 Å². The molecule has 0 spiro atoms. The number of alkyl halides is 3. The van der Waals surface area contributed by atoms with Crippen molar-refractivity contribution < 1.29 is 18.0 Å². The standard InChI is InChI=1S/C28H27F3N6O/c1-20-27(37(19-38)25-17-32-10-11-33-25)24(26(34-20)21-6-3-2-4-7-21)18-35-12-14-36(15-13-35)23-9-5-8-22(16-23)28(29,30)31/h2-11,16-17,19,34H,12-15,18H2,1H3. The number of carbonyl (C=O) groups is 1. The zero-order chi connectivity index (χ0) is 26.7.